The zero-order valence-corrected chi connectivity index (χ0v) is 47.4. The monoisotopic (exact) mass is 1070 g/mol. The van der Waals surface area contributed by atoms with E-state index in [1.807, 2.05) is 0 Å². The maximum atomic E-state index is 14.1. The summed E-state index contributed by atoms with van der Waals surface area (Å²) < 4.78 is 65.1. The van der Waals surface area contributed by atoms with Crippen molar-refractivity contribution in [3.05, 3.63) is 0 Å². The van der Waals surface area contributed by atoms with Crippen molar-refractivity contribution in [2.45, 2.75) is 211 Å². The van der Waals surface area contributed by atoms with Gasteiger partial charge in [0.1, 0.15) is 31.5 Å². The molecule has 22 heteroatoms. The second-order valence-electron chi connectivity index (χ2n) is 24.9. The first-order chi connectivity index (χ1) is 31.6. The highest BCUT2D eigenvalue weighted by molar-refractivity contribution is 6.76. The second-order valence-corrected chi connectivity index (χ2v) is 27.2. The third-order valence-corrected chi connectivity index (χ3v) is 10.7. The molecule has 1 N–H and O–H groups in total. The van der Waals surface area contributed by atoms with Gasteiger partial charge in [0.2, 0.25) is 18.3 Å². The van der Waals surface area contributed by atoms with Gasteiger partial charge in [0.25, 0.3) is 3.79 Å². The molecule has 0 aromatic heterocycles. The molecule has 71 heavy (non-hydrogen) atoms. The van der Waals surface area contributed by atoms with Gasteiger partial charge in [0.15, 0.2) is 30.7 Å². The molecule has 10 atom stereocenters. The van der Waals surface area contributed by atoms with Crippen LogP contribution in [0.15, 0.2) is 0 Å². The molecule has 2 rings (SSSR count). The molecule has 2 fully saturated rings. The van der Waals surface area contributed by atoms with E-state index in [0.717, 1.165) is 0 Å². The number of hydrogen-bond donors (Lipinski definition) is 1. The van der Waals surface area contributed by atoms with Crippen molar-refractivity contribution >= 4 is 82.5 Å². The van der Waals surface area contributed by atoms with E-state index in [0.29, 0.717) is 0 Å². The van der Waals surface area contributed by atoms with Crippen LogP contribution in [0.2, 0.25) is 0 Å². The molecule has 0 aromatic rings. The van der Waals surface area contributed by atoms with E-state index in [1.54, 1.807) is 83.1 Å². The van der Waals surface area contributed by atoms with Gasteiger partial charge in [-0.25, -0.2) is 0 Å². The Morgan fingerprint density at radius 2 is 0.620 bits per heavy atom. The predicted octanol–water partition coefficient (Wildman–Crippen LogP) is 8.15. The molecule has 2 heterocycles. The number of hydrogen-bond acceptors (Lipinski definition) is 19. The van der Waals surface area contributed by atoms with E-state index in [-0.39, 0.29) is 0 Å². The van der Waals surface area contributed by atoms with Crippen LogP contribution in [-0.4, -0.2) is 126 Å². The Balaban J connectivity index is 3.24. The molecule has 0 aromatic carbocycles. The van der Waals surface area contributed by atoms with Crippen LogP contribution in [-0.2, 0) is 85.7 Å². The summed E-state index contributed by atoms with van der Waals surface area (Å²) in [5.41, 5.74) is -8.35. The molecule has 0 amide bonds. The quantitative estimate of drug-likeness (QED) is 0.0637. The molecule has 2 aliphatic heterocycles. The smallest absolute Gasteiger partial charge is 0.311 e. The summed E-state index contributed by atoms with van der Waals surface area (Å²) in [6, 6.07) is 0. The Morgan fingerprint density at radius 3 is 0.930 bits per heavy atom. The van der Waals surface area contributed by atoms with Gasteiger partial charge >= 0.3 is 41.8 Å². The molecule has 19 nitrogen and oxygen atoms in total. The van der Waals surface area contributed by atoms with Crippen LogP contribution in [0.25, 0.3) is 0 Å². The largest absolute Gasteiger partial charge is 0.462 e. The van der Waals surface area contributed by atoms with E-state index in [2.05, 4.69) is 0 Å². The van der Waals surface area contributed by atoms with Crippen molar-refractivity contribution in [3.8, 4) is 0 Å². The molecule has 0 bridgehead atoms. The van der Waals surface area contributed by atoms with Gasteiger partial charge in [-0.15, -0.1) is 0 Å². The first-order valence-corrected chi connectivity index (χ1v) is 24.4. The Kier molecular flexibility index (Phi) is 20.6. The SMILES string of the molecule is CC(C)(C)C(=O)OC[C@H]1O[C@@H](O[C@H]2[C@H](OC(=O)C(C)(C)C)[C@@H](OC(=O)C(C)(C)C)[C@@H](OC(=N)C(Cl)(Cl)Cl)O[C@@H]2COC(=O)C(C)(C)C)[C@H](OC(=O)C(C)(C)C)[C@@H](OC(=O)C(C)(C)C)[C@@H]1OC(=O)C(C)(C)C. The Hall–Kier alpha value is -3.49. The standard InChI is InChI=1S/C49H78Cl3NO18/c1-42(2,3)35(54)61-22-24-26(28(67-38(57)45(10,11)12)31(70-41(60)48(19,20)21)33(64-24)71-34(53)49(50,51)52)65-32-30(69-40(59)47(16,17)18)29(68-39(58)46(13,14)15)27(66-37(56)44(7,8)9)25(63-32)23-62-36(55)43(4,5)6/h24-33,53H,22-23H2,1-21H3/t24-,25-,26-,27-,28+,29+,30-,31-,32+,33-/m1/s1. The normalized spacial score (nSPS) is 26.0. The first kappa shape index (κ1) is 63.6. The van der Waals surface area contributed by atoms with Crippen molar-refractivity contribution in [3.63, 3.8) is 0 Å². The predicted molar refractivity (Wildman–Crippen MR) is 259 cm³/mol. The molecule has 408 valence electrons. The van der Waals surface area contributed by atoms with Crippen LogP contribution in [0.1, 0.15) is 145 Å². The summed E-state index contributed by atoms with van der Waals surface area (Å²) >= 11 is 18.2. The summed E-state index contributed by atoms with van der Waals surface area (Å²) in [5, 5.41) is 8.51. The fraction of sp³-hybridized carbons (Fsp3) is 0.837. The van der Waals surface area contributed by atoms with E-state index < -0.39 is 164 Å². The van der Waals surface area contributed by atoms with Crippen LogP contribution in [0.4, 0.5) is 0 Å². The van der Waals surface area contributed by atoms with Gasteiger partial charge in [0.05, 0.1) is 37.9 Å². The summed E-state index contributed by atoms with van der Waals surface area (Å²) in [6.07, 6.45) is -18.2. The van der Waals surface area contributed by atoms with Gasteiger partial charge < -0.3 is 52.1 Å². The zero-order chi connectivity index (χ0) is 55.6. The molecular weight excluding hydrogens is 997 g/mol. The van der Waals surface area contributed by atoms with Gasteiger partial charge in [-0.3, -0.25) is 39.0 Å². The van der Waals surface area contributed by atoms with Gasteiger partial charge in [0, 0.05) is 0 Å². The average molecular weight is 1080 g/mol. The van der Waals surface area contributed by atoms with Crippen molar-refractivity contribution in [2.24, 2.45) is 37.9 Å². The van der Waals surface area contributed by atoms with E-state index in [9.17, 15) is 33.6 Å². The fourth-order valence-electron chi connectivity index (χ4n) is 5.64. The number of carbonyl (C=O) groups is 7. The molecule has 0 unspecified atom stereocenters. The maximum Gasteiger partial charge on any atom is 0.311 e. The topological polar surface area (TPSA) is 245 Å². The number of ether oxygens (including phenoxy) is 11. The average Bonchev–Trinajstić information content (AvgIpc) is 3.16. The van der Waals surface area contributed by atoms with Gasteiger partial charge in [-0.2, -0.15) is 0 Å². The number of halogens is 3. The highest BCUT2D eigenvalue weighted by Crippen LogP contribution is 2.40. The summed E-state index contributed by atoms with van der Waals surface area (Å²) in [4.78, 5) is 96.9. The summed E-state index contributed by atoms with van der Waals surface area (Å²) in [6.45, 7) is 31.2. The third-order valence-electron chi connectivity index (χ3n) is 10.2. The minimum absolute atomic E-state index is 0.668. The molecule has 0 spiro atoms. The molecule has 0 aliphatic carbocycles. The molecule has 0 radical (unpaired) electrons. The minimum Gasteiger partial charge on any atom is -0.462 e. The fourth-order valence-corrected chi connectivity index (χ4v) is 5.78. The minimum atomic E-state index is -2.51. The Morgan fingerprint density at radius 1 is 0.366 bits per heavy atom. The second kappa shape index (κ2) is 23.0. The number of rotatable bonds is 12. The Bertz CT molecular complexity index is 1950. The van der Waals surface area contributed by atoms with E-state index in [1.165, 1.54) is 62.3 Å². The molecular formula is C49H78Cl3NO18. The lowest BCUT2D eigenvalue weighted by atomic mass is 9.92. The van der Waals surface area contributed by atoms with Gasteiger partial charge in [-0.05, 0) is 145 Å². The lowest BCUT2D eigenvalue weighted by molar-refractivity contribution is -0.358. The first-order valence-electron chi connectivity index (χ1n) is 23.3. The number of esters is 7. The van der Waals surface area contributed by atoms with Crippen molar-refractivity contribution < 1.29 is 85.7 Å². The van der Waals surface area contributed by atoms with Crippen molar-refractivity contribution in [1.29, 1.82) is 5.41 Å². The van der Waals surface area contributed by atoms with E-state index >= 15 is 0 Å². The third kappa shape index (κ3) is 18.4. The lowest BCUT2D eigenvalue weighted by Crippen LogP contribution is -2.68. The number of nitrogens with one attached hydrogen (secondary N) is 1. The highest BCUT2D eigenvalue weighted by atomic mass is 35.6. The highest BCUT2D eigenvalue weighted by Gasteiger charge is 2.60. The van der Waals surface area contributed by atoms with Crippen molar-refractivity contribution in [1.82, 2.24) is 0 Å². The van der Waals surface area contributed by atoms with Crippen molar-refractivity contribution in [2.75, 3.05) is 13.2 Å². The molecule has 2 aliphatic rings. The zero-order valence-electron chi connectivity index (χ0n) is 45.2. The van der Waals surface area contributed by atoms with Gasteiger partial charge in [-0.1, -0.05) is 34.8 Å². The van der Waals surface area contributed by atoms with Crippen LogP contribution in [0, 0.1) is 43.3 Å². The van der Waals surface area contributed by atoms with E-state index in [4.69, 9.17) is 92.3 Å². The number of carbonyl (C=O) groups excluding carboxylic acids is 7. The van der Waals surface area contributed by atoms with Crippen LogP contribution in [0.5, 0.6) is 0 Å². The lowest BCUT2D eigenvalue weighted by Gasteiger charge is -2.49. The molecule has 0 saturated carbocycles. The summed E-state index contributed by atoms with van der Waals surface area (Å²) in [7, 11) is 0. The summed E-state index contributed by atoms with van der Waals surface area (Å²) in [5.74, 6) is -6.87. The van der Waals surface area contributed by atoms with Crippen LogP contribution >= 0.6 is 34.8 Å². The van der Waals surface area contributed by atoms with Crippen LogP contribution in [0.3, 0.4) is 0 Å². The maximum absolute atomic E-state index is 14.1. The Labute approximate surface area is 433 Å². The molecule has 2 saturated heterocycles. The number of alkyl halides is 3. The van der Waals surface area contributed by atoms with Crippen LogP contribution < -0.4 is 0 Å².